The summed E-state index contributed by atoms with van der Waals surface area (Å²) in [4.78, 5) is 0. The highest BCUT2D eigenvalue weighted by Gasteiger charge is 2.26. The van der Waals surface area contributed by atoms with E-state index in [-0.39, 0.29) is 12.5 Å². The van der Waals surface area contributed by atoms with Crippen molar-refractivity contribution in [2.24, 2.45) is 0 Å². The summed E-state index contributed by atoms with van der Waals surface area (Å²) in [5.41, 5.74) is 1.05. The summed E-state index contributed by atoms with van der Waals surface area (Å²) in [6.07, 6.45) is 0. The summed E-state index contributed by atoms with van der Waals surface area (Å²) in [7, 11) is -3.30. The van der Waals surface area contributed by atoms with Gasteiger partial charge in [-0.1, -0.05) is 17.7 Å². The van der Waals surface area contributed by atoms with Crippen molar-refractivity contribution in [3.63, 3.8) is 0 Å². The highest BCUT2D eigenvalue weighted by Crippen LogP contribution is 2.25. The monoisotopic (exact) mass is 305 g/mol. The quantitative estimate of drug-likeness (QED) is 0.849. The zero-order valence-corrected chi connectivity index (χ0v) is 12.2. The van der Waals surface area contributed by atoms with Crippen LogP contribution in [-0.4, -0.2) is 45.0 Å². The first-order valence-electron chi connectivity index (χ1n) is 5.93. The van der Waals surface area contributed by atoms with Gasteiger partial charge in [-0.25, -0.2) is 8.42 Å². The smallest absolute Gasteiger partial charge is 0.238 e. The fraction of sp³-hybridized carbons (Fsp3) is 0.500. The Hall–Kier alpha value is -0.820. The Morgan fingerprint density at radius 2 is 2.26 bits per heavy atom. The van der Waals surface area contributed by atoms with Crippen LogP contribution in [0.5, 0.6) is 5.75 Å². The summed E-state index contributed by atoms with van der Waals surface area (Å²) < 4.78 is 35.1. The van der Waals surface area contributed by atoms with Gasteiger partial charge in [-0.3, -0.25) is 0 Å². The Labute approximate surface area is 118 Å². The van der Waals surface area contributed by atoms with Gasteiger partial charge in [0.05, 0.1) is 11.6 Å². The molecule has 0 aliphatic carbocycles. The Bertz CT molecular complexity index is 547. The van der Waals surface area contributed by atoms with Gasteiger partial charge in [0, 0.05) is 13.1 Å². The van der Waals surface area contributed by atoms with Crippen molar-refractivity contribution in [3.8, 4) is 5.75 Å². The molecule has 0 amide bonds. The normalized spacial score (nSPS) is 19.3. The molecule has 0 aromatic heterocycles. The summed E-state index contributed by atoms with van der Waals surface area (Å²) in [5, 5.41) is 0.532. The molecule has 0 N–H and O–H groups in total. The molecule has 0 atom stereocenters. The zero-order chi connectivity index (χ0) is 13.9. The van der Waals surface area contributed by atoms with Crippen LogP contribution in [0.2, 0.25) is 5.02 Å². The van der Waals surface area contributed by atoms with Crippen LogP contribution in [0.1, 0.15) is 5.56 Å². The van der Waals surface area contributed by atoms with Crippen LogP contribution in [0.3, 0.4) is 0 Å². The SMILES string of the molecule is Cc1ccc(OCCN2CCOCS2(=O)=O)c(Cl)c1. The number of rotatable bonds is 4. The molecule has 2 rings (SSSR count). The minimum Gasteiger partial charge on any atom is -0.491 e. The summed E-state index contributed by atoms with van der Waals surface area (Å²) in [6, 6.07) is 5.49. The van der Waals surface area contributed by atoms with Crippen molar-refractivity contribution >= 4 is 21.6 Å². The molecule has 106 valence electrons. The Morgan fingerprint density at radius 1 is 1.47 bits per heavy atom. The highest BCUT2D eigenvalue weighted by molar-refractivity contribution is 7.88. The van der Waals surface area contributed by atoms with Crippen LogP contribution in [0.4, 0.5) is 0 Å². The molecule has 1 fully saturated rings. The van der Waals surface area contributed by atoms with Crippen LogP contribution >= 0.6 is 11.6 Å². The second kappa shape index (κ2) is 6.09. The van der Waals surface area contributed by atoms with E-state index in [1.54, 1.807) is 6.07 Å². The number of benzene rings is 1. The van der Waals surface area contributed by atoms with Crippen LogP contribution in [0.15, 0.2) is 18.2 Å². The number of nitrogens with zero attached hydrogens (tertiary/aromatic N) is 1. The predicted octanol–water partition coefficient (Wildman–Crippen LogP) is 1.65. The lowest BCUT2D eigenvalue weighted by atomic mass is 10.2. The number of ether oxygens (including phenoxy) is 2. The third-order valence-corrected chi connectivity index (χ3v) is 4.71. The molecule has 0 unspecified atom stereocenters. The van der Waals surface area contributed by atoms with Gasteiger partial charge in [-0.05, 0) is 24.6 Å². The largest absolute Gasteiger partial charge is 0.491 e. The highest BCUT2D eigenvalue weighted by atomic mass is 35.5. The van der Waals surface area contributed by atoms with E-state index in [0.717, 1.165) is 5.56 Å². The maximum Gasteiger partial charge on any atom is 0.238 e. The van der Waals surface area contributed by atoms with Crippen molar-refractivity contribution in [3.05, 3.63) is 28.8 Å². The van der Waals surface area contributed by atoms with Crippen molar-refractivity contribution in [1.82, 2.24) is 4.31 Å². The zero-order valence-electron chi connectivity index (χ0n) is 10.6. The molecule has 7 heteroatoms. The fourth-order valence-electron chi connectivity index (χ4n) is 1.78. The molecule has 1 aliphatic rings. The van der Waals surface area contributed by atoms with E-state index >= 15 is 0 Å². The summed E-state index contributed by atoms with van der Waals surface area (Å²) in [6.45, 7) is 3.30. The van der Waals surface area contributed by atoms with Gasteiger partial charge >= 0.3 is 0 Å². The maximum absolute atomic E-state index is 11.7. The number of hydrogen-bond acceptors (Lipinski definition) is 4. The Kier molecular flexibility index (Phi) is 4.67. The molecule has 0 saturated carbocycles. The van der Waals surface area contributed by atoms with Crippen molar-refractivity contribution < 1.29 is 17.9 Å². The van der Waals surface area contributed by atoms with Gasteiger partial charge in [-0.2, -0.15) is 4.31 Å². The molecule has 1 heterocycles. The minimum atomic E-state index is -3.30. The standard InChI is InChI=1S/C12H16ClNO4S/c1-10-2-3-12(11(13)8-10)18-7-5-14-4-6-17-9-19(14,15)16/h2-3,8H,4-7,9H2,1H3. The van der Waals surface area contributed by atoms with Crippen LogP contribution in [0.25, 0.3) is 0 Å². The average Bonchev–Trinajstić information content (AvgIpc) is 2.33. The van der Waals surface area contributed by atoms with E-state index in [1.807, 2.05) is 19.1 Å². The summed E-state index contributed by atoms with van der Waals surface area (Å²) in [5.74, 6) is 0.316. The molecule has 19 heavy (non-hydrogen) atoms. The first kappa shape index (κ1) is 14.6. The van der Waals surface area contributed by atoms with Crippen molar-refractivity contribution in [2.75, 3.05) is 32.2 Å². The fourth-order valence-corrected chi connectivity index (χ4v) is 3.25. The van der Waals surface area contributed by atoms with E-state index in [0.29, 0.717) is 30.5 Å². The number of aryl methyl sites for hydroxylation is 1. The van der Waals surface area contributed by atoms with Gasteiger partial charge in [0.15, 0.2) is 5.94 Å². The molecule has 0 spiro atoms. The van der Waals surface area contributed by atoms with Gasteiger partial charge in [0.1, 0.15) is 12.4 Å². The second-order valence-corrected chi connectivity index (χ2v) is 6.64. The Balaban J connectivity index is 1.89. The first-order valence-corrected chi connectivity index (χ1v) is 7.92. The van der Waals surface area contributed by atoms with E-state index in [9.17, 15) is 8.42 Å². The minimum absolute atomic E-state index is 0.252. The first-order chi connectivity index (χ1) is 8.99. The number of halogens is 1. The molecular weight excluding hydrogens is 290 g/mol. The second-order valence-electron chi connectivity index (χ2n) is 4.32. The molecule has 1 aromatic rings. The lowest BCUT2D eigenvalue weighted by Crippen LogP contribution is -2.43. The van der Waals surface area contributed by atoms with Crippen molar-refractivity contribution in [2.45, 2.75) is 6.92 Å². The molecule has 1 aromatic carbocycles. The maximum atomic E-state index is 11.7. The number of hydrogen-bond donors (Lipinski definition) is 0. The third kappa shape index (κ3) is 3.82. The van der Waals surface area contributed by atoms with Gasteiger partial charge in [0.2, 0.25) is 10.0 Å². The van der Waals surface area contributed by atoms with E-state index in [1.165, 1.54) is 4.31 Å². The van der Waals surface area contributed by atoms with E-state index in [2.05, 4.69) is 0 Å². The molecule has 0 bridgehead atoms. The van der Waals surface area contributed by atoms with Crippen LogP contribution < -0.4 is 4.74 Å². The predicted molar refractivity (Wildman–Crippen MR) is 73.0 cm³/mol. The topological polar surface area (TPSA) is 55.8 Å². The molecule has 1 aliphatic heterocycles. The third-order valence-electron chi connectivity index (χ3n) is 2.80. The molecule has 5 nitrogen and oxygen atoms in total. The lowest BCUT2D eigenvalue weighted by Gasteiger charge is -2.26. The van der Waals surface area contributed by atoms with Gasteiger partial charge in [-0.15, -0.1) is 0 Å². The summed E-state index contributed by atoms with van der Waals surface area (Å²) >= 11 is 6.03. The van der Waals surface area contributed by atoms with Gasteiger partial charge in [0.25, 0.3) is 0 Å². The number of sulfonamides is 1. The lowest BCUT2D eigenvalue weighted by molar-refractivity contribution is 0.126. The Morgan fingerprint density at radius 3 is 2.95 bits per heavy atom. The average molecular weight is 306 g/mol. The molecule has 1 saturated heterocycles. The van der Waals surface area contributed by atoms with Crippen molar-refractivity contribution in [1.29, 1.82) is 0 Å². The van der Waals surface area contributed by atoms with Crippen LogP contribution in [-0.2, 0) is 14.8 Å². The molecular formula is C12H16ClNO4S. The van der Waals surface area contributed by atoms with E-state index < -0.39 is 10.0 Å². The van der Waals surface area contributed by atoms with Crippen LogP contribution in [0, 0.1) is 6.92 Å². The van der Waals surface area contributed by atoms with Gasteiger partial charge < -0.3 is 9.47 Å². The molecule has 0 radical (unpaired) electrons. The van der Waals surface area contributed by atoms with E-state index in [4.69, 9.17) is 21.1 Å².